The fraction of sp³-hybridized carbons (Fsp3) is 0.667. The molecule has 2 fully saturated rings. The van der Waals surface area contributed by atoms with Crippen molar-refractivity contribution in [3.8, 4) is 11.4 Å². The first-order chi connectivity index (χ1) is 14.7. The van der Waals surface area contributed by atoms with E-state index in [9.17, 15) is 4.79 Å². The molecule has 31 heavy (non-hydrogen) atoms. The van der Waals surface area contributed by atoms with Crippen LogP contribution in [0.1, 0.15) is 58.4 Å². The van der Waals surface area contributed by atoms with E-state index < -0.39 is 0 Å². The van der Waals surface area contributed by atoms with Crippen molar-refractivity contribution in [3.05, 3.63) is 23.9 Å². The smallest absolute Gasteiger partial charge is 0.229 e. The van der Waals surface area contributed by atoms with Gasteiger partial charge in [-0.3, -0.25) is 9.48 Å². The Morgan fingerprint density at radius 3 is 2.58 bits per heavy atom. The highest BCUT2D eigenvalue weighted by molar-refractivity contribution is 5.94. The van der Waals surface area contributed by atoms with Crippen molar-refractivity contribution in [1.82, 2.24) is 24.9 Å². The summed E-state index contributed by atoms with van der Waals surface area (Å²) in [5.41, 5.74) is 3.39. The van der Waals surface area contributed by atoms with E-state index in [4.69, 9.17) is 0 Å². The molecule has 2 aliphatic rings. The molecule has 2 aromatic rings. The lowest BCUT2D eigenvalue weighted by Crippen LogP contribution is -2.38. The molecule has 4 rings (SSSR count). The molecule has 0 radical (unpaired) electrons. The average Bonchev–Trinajstić information content (AvgIpc) is 3.36. The number of carbonyl (C=O) groups excluding carboxylic acids is 1. The van der Waals surface area contributed by atoms with Crippen molar-refractivity contribution < 1.29 is 4.79 Å². The Morgan fingerprint density at radius 2 is 2.00 bits per heavy atom. The highest BCUT2D eigenvalue weighted by atomic mass is 16.2. The number of rotatable bonds is 7. The van der Waals surface area contributed by atoms with Crippen molar-refractivity contribution >= 4 is 11.7 Å². The topological polar surface area (TPSA) is 75.9 Å². The van der Waals surface area contributed by atoms with Gasteiger partial charge in [0.25, 0.3) is 0 Å². The number of anilines is 1. The summed E-state index contributed by atoms with van der Waals surface area (Å²) in [5.74, 6) is 0.733. The van der Waals surface area contributed by atoms with Crippen LogP contribution in [-0.2, 0) is 11.8 Å². The van der Waals surface area contributed by atoms with E-state index in [-0.39, 0.29) is 17.2 Å². The Kier molecular flexibility index (Phi) is 5.90. The quantitative estimate of drug-likeness (QED) is 0.726. The minimum absolute atomic E-state index is 0.0966. The number of hydrogen-bond donors (Lipinski definition) is 1. The second kappa shape index (κ2) is 8.34. The molecular formula is C24H36N6O. The predicted molar refractivity (Wildman–Crippen MR) is 123 cm³/mol. The van der Waals surface area contributed by atoms with Crippen LogP contribution < -0.4 is 5.32 Å². The fourth-order valence-electron chi connectivity index (χ4n) is 4.78. The third-order valence-electron chi connectivity index (χ3n) is 7.70. The van der Waals surface area contributed by atoms with E-state index in [0.717, 1.165) is 49.3 Å². The van der Waals surface area contributed by atoms with Gasteiger partial charge in [-0.15, -0.1) is 10.2 Å². The number of carbonyl (C=O) groups is 1. The van der Waals surface area contributed by atoms with Crippen molar-refractivity contribution in [1.29, 1.82) is 0 Å². The van der Waals surface area contributed by atoms with Gasteiger partial charge in [-0.05, 0) is 80.8 Å². The molecule has 1 atom stereocenters. The zero-order valence-electron chi connectivity index (χ0n) is 19.6. The van der Waals surface area contributed by atoms with Gasteiger partial charge in [0.15, 0.2) is 5.82 Å². The maximum absolute atomic E-state index is 12.8. The number of nitrogens with one attached hydrogen (secondary N) is 1. The SMILES string of the molecule is CCC(C)(C)CCN1CCC2(CC1)CC2C(=O)Nc1ccc(-c2c(C)cnn2C)nn1. The summed E-state index contributed by atoms with van der Waals surface area (Å²) >= 11 is 0. The third kappa shape index (κ3) is 4.66. The van der Waals surface area contributed by atoms with E-state index in [0.29, 0.717) is 11.2 Å². The molecule has 1 aliphatic carbocycles. The van der Waals surface area contributed by atoms with E-state index in [1.54, 1.807) is 4.68 Å². The van der Waals surface area contributed by atoms with Gasteiger partial charge in [0.1, 0.15) is 5.69 Å². The molecule has 1 saturated heterocycles. The summed E-state index contributed by atoms with van der Waals surface area (Å²) in [5, 5.41) is 15.8. The van der Waals surface area contributed by atoms with E-state index in [1.807, 2.05) is 32.3 Å². The van der Waals surface area contributed by atoms with E-state index in [1.165, 1.54) is 19.4 Å². The largest absolute Gasteiger partial charge is 0.309 e. The standard InChI is InChI=1S/C24H36N6O/c1-6-23(3,4)9-12-30-13-10-24(11-14-30)15-18(24)22(31)26-20-8-7-19(27-28-20)21-17(2)16-25-29(21)5/h7-8,16,18H,6,9-15H2,1-5H3,(H,26,28,31). The first kappa shape index (κ1) is 21.9. The van der Waals surface area contributed by atoms with Gasteiger partial charge in [-0.2, -0.15) is 5.10 Å². The van der Waals surface area contributed by atoms with Gasteiger partial charge >= 0.3 is 0 Å². The lowest BCUT2D eigenvalue weighted by molar-refractivity contribution is -0.118. The monoisotopic (exact) mass is 424 g/mol. The van der Waals surface area contributed by atoms with Crippen LogP contribution in [-0.4, -0.2) is 50.4 Å². The van der Waals surface area contributed by atoms with Crippen molar-refractivity contribution in [2.45, 2.75) is 59.8 Å². The van der Waals surface area contributed by atoms with Gasteiger partial charge in [0, 0.05) is 13.0 Å². The van der Waals surface area contributed by atoms with Crippen LogP contribution in [0.3, 0.4) is 0 Å². The summed E-state index contributed by atoms with van der Waals surface area (Å²) in [7, 11) is 1.89. The van der Waals surface area contributed by atoms with Crippen LogP contribution in [0.25, 0.3) is 11.4 Å². The van der Waals surface area contributed by atoms with Crippen LogP contribution in [0, 0.1) is 23.7 Å². The van der Waals surface area contributed by atoms with Gasteiger partial charge < -0.3 is 10.2 Å². The molecule has 3 heterocycles. The zero-order valence-corrected chi connectivity index (χ0v) is 19.6. The van der Waals surface area contributed by atoms with E-state index >= 15 is 0 Å². The molecule has 7 nitrogen and oxygen atoms in total. The van der Waals surface area contributed by atoms with Crippen LogP contribution in [0.15, 0.2) is 18.3 Å². The zero-order chi connectivity index (χ0) is 22.2. The summed E-state index contributed by atoms with van der Waals surface area (Å²) in [6, 6.07) is 3.73. The third-order valence-corrected chi connectivity index (χ3v) is 7.70. The summed E-state index contributed by atoms with van der Waals surface area (Å²) in [4.78, 5) is 15.4. The highest BCUT2D eigenvalue weighted by Crippen LogP contribution is 2.59. The molecule has 1 N–H and O–H groups in total. The Hall–Kier alpha value is -2.28. The maximum Gasteiger partial charge on any atom is 0.229 e. The van der Waals surface area contributed by atoms with Gasteiger partial charge in [0.2, 0.25) is 5.91 Å². The number of amides is 1. The number of aromatic nitrogens is 4. The predicted octanol–water partition coefficient (Wildman–Crippen LogP) is 4.05. The summed E-state index contributed by atoms with van der Waals surface area (Å²) < 4.78 is 1.79. The molecule has 168 valence electrons. The maximum atomic E-state index is 12.8. The number of nitrogens with zero attached hydrogens (tertiary/aromatic N) is 5. The first-order valence-electron chi connectivity index (χ1n) is 11.6. The van der Waals surface area contributed by atoms with Crippen LogP contribution >= 0.6 is 0 Å². The minimum Gasteiger partial charge on any atom is -0.309 e. The Balaban J connectivity index is 1.28. The van der Waals surface area contributed by atoms with Crippen molar-refractivity contribution in [2.24, 2.45) is 23.8 Å². The summed E-state index contributed by atoms with van der Waals surface area (Å²) in [6.45, 7) is 12.4. The lowest BCUT2D eigenvalue weighted by atomic mass is 9.85. The van der Waals surface area contributed by atoms with Gasteiger partial charge in [-0.1, -0.05) is 27.2 Å². The molecule has 1 spiro atoms. The lowest BCUT2D eigenvalue weighted by Gasteiger charge is -2.35. The molecule has 0 aromatic carbocycles. The summed E-state index contributed by atoms with van der Waals surface area (Å²) in [6.07, 6.45) is 7.54. The van der Waals surface area contributed by atoms with Gasteiger partial charge in [-0.25, -0.2) is 0 Å². The Bertz CT molecular complexity index is 905. The van der Waals surface area contributed by atoms with E-state index in [2.05, 4.69) is 46.3 Å². The molecule has 2 aromatic heterocycles. The highest BCUT2D eigenvalue weighted by Gasteiger charge is 2.58. The second-order valence-corrected chi connectivity index (χ2v) is 10.3. The number of likely N-dealkylation sites (tertiary alicyclic amines) is 1. The van der Waals surface area contributed by atoms with Crippen molar-refractivity contribution in [2.75, 3.05) is 25.0 Å². The molecule has 7 heteroatoms. The normalized spacial score (nSPS) is 20.7. The molecule has 0 bridgehead atoms. The van der Waals surface area contributed by atoms with Crippen molar-refractivity contribution in [3.63, 3.8) is 0 Å². The fourth-order valence-corrected chi connectivity index (χ4v) is 4.78. The van der Waals surface area contributed by atoms with Crippen LogP contribution in [0.5, 0.6) is 0 Å². The van der Waals surface area contributed by atoms with Gasteiger partial charge in [0.05, 0.1) is 11.9 Å². The second-order valence-electron chi connectivity index (χ2n) is 10.3. The Morgan fingerprint density at radius 1 is 1.26 bits per heavy atom. The Labute approximate surface area is 185 Å². The molecule has 1 aliphatic heterocycles. The molecule has 1 amide bonds. The van der Waals surface area contributed by atoms with Crippen LogP contribution in [0.2, 0.25) is 0 Å². The van der Waals surface area contributed by atoms with Crippen LogP contribution in [0.4, 0.5) is 5.82 Å². The minimum atomic E-state index is 0.0966. The number of aryl methyl sites for hydroxylation is 2. The first-order valence-corrected chi connectivity index (χ1v) is 11.6. The average molecular weight is 425 g/mol. The molecule has 1 saturated carbocycles. The number of piperidine rings is 1. The molecular weight excluding hydrogens is 388 g/mol. The number of hydrogen-bond acceptors (Lipinski definition) is 5. The molecule has 1 unspecified atom stereocenters.